The Morgan fingerprint density at radius 3 is 2.63 bits per heavy atom. The van der Waals surface area contributed by atoms with Gasteiger partial charge in [-0.25, -0.2) is 4.39 Å². The van der Waals surface area contributed by atoms with Crippen molar-refractivity contribution in [3.05, 3.63) is 70.7 Å². The Hall–Kier alpha value is -2.42. The van der Waals surface area contributed by atoms with Gasteiger partial charge in [-0.1, -0.05) is 56.5 Å². The maximum Gasteiger partial charge on any atom is 0.121 e. The molecule has 1 atom stereocenters. The second-order valence-electron chi connectivity index (χ2n) is 12.0. The summed E-state index contributed by atoms with van der Waals surface area (Å²) in [6.45, 7) is 10.7. The molecule has 3 heteroatoms. The minimum atomic E-state index is -0.0812. The zero-order valence-corrected chi connectivity index (χ0v) is 21.8. The summed E-state index contributed by atoms with van der Waals surface area (Å²) in [5.41, 5.74) is 7.66. The highest BCUT2D eigenvalue weighted by Crippen LogP contribution is 2.52. The molecule has 2 aromatic rings. The fourth-order valence-corrected chi connectivity index (χ4v) is 7.06. The number of rotatable bonds is 7. The van der Waals surface area contributed by atoms with Crippen LogP contribution in [0, 0.1) is 16.7 Å². The van der Waals surface area contributed by atoms with E-state index in [1.54, 1.807) is 6.08 Å². The van der Waals surface area contributed by atoms with Gasteiger partial charge in [0.15, 0.2) is 0 Å². The molecule has 2 nitrogen and oxygen atoms in total. The van der Waals surface area contributed by atoms with E-state index in [1.807, 2.05) is 6.92 Å². The van der Waals surface area contributed by atoms with Gasteiger partial charge in [0.2, 0.25) is 0 Å². The lowest BCUT2D eigenvalue weighted by atomic mass is 9.59. The predicted octanol–water partition coefficient (Wildman–Crippen LogP) is 9.36. The molecule has 1 aromatic carbocycles. The number of nitrogens with zero attached hydrogens (tertiary/aromatic N) is 1. The molecule has 2 saturated carbocycles. The smallest absolute Gasteiger partial charge is 0.121 e. The first-order chi connectivity index (χ1) is 16.8. The Morgan fingerprint density at radius 1 is 1.23 bits per heavy atom. The highest BCUT2D eigenvalue weighted by Gasteiger charge is 2.40. The number of halogens is 1. The average Bonchev–Trinajstić information content (AvgIpc) is 3.16. The van der Waals surface area contributed by atoms with Gasteiger partial charge in [0.25, 0.3) is 0 Å². The largest absolute Gasteiger partial charge is 0.337 e. The van der Waals surface area contributed by atoms with Crippen molar-refractivity contribution in [3.63, 3.8) is 0 Å². The number of fused-ring (bicyclic) bond motifs is 1. The van der Waals surface area contributed by atoms with Crippen LogP contribution < -0.4 is 0 Å². The van der Waals surface area contributed by atoms with Gasteiger partial charge in [0.1, 0.15) is 5.83 Å². The Morgan fingerprint density at radius 2 is 1.97 bits per heavy atom. The van der Waals surface area contributed by atoms with Crippen molar-refractivity contribution in [2.45, 2.75) is 96.9 Å². The molecule has 0 radical (unpaired) electrons. The van der Waals surface area contributed by atoms with Gasteiger partial charge < -0.3 is 9.98 Å². The lowest BCUT2D eigenvalue weighted by Gasteiger charge is -2.46. The van der Waals surface area contributed by atoms with Crippen LogP contribution in [0.2, 0.25) is 0 Å². The molecule has 2 fully saturated rings. The highest BCUT2D eigenvalue weighted by molar-refractivity contribution is 5.91. The first-order valence-corrected chi connectivity index (χ1v) is 13.7. The van der Waals surface area contributed by atoms with E-state index in [1.165, 1.54) is 85.3 Å². The van der Waals surface area contributed by atoms with Crippen molar-refractivity contribution in [2.24, 2.45) is 11.3 Å². The molecule has 1 N–H and O–H groups in total. The summed E-state index contributed by atoms with van der Waals surface area (Å²) in [6, 6.07) is 6.68. The first kappa shape index (κ1) is 24.3. The van der Waals surface area contributed by atoms with Crippen molar-refractivity contribution >= 4 is 17.1 Å². The van der Waals surface area contributed by atoms with Crippen molar-refractivity contribution in [1.82, 2.24) is 4.57 Å². The maximum absolute atomic E-state index is 14.3. The average molecular weight is 473 g/mol. The van der Waals surface area contributed by atoms with E-state index in [0.717, 1.165) is 17.6 Å². The maximum atomic E-state index is 14.3. The molecule has 0 spiro atoms. The van der Waals surface area contributed by atoms with Gasteiger partial charge in [-0.15, -0.1) is 0 Å². The summed E-state index contributed by atoms with van der Waals surface area (Å²) in [7, 11) is 0. The standard InChI is InChI=1S/C32H41FN2/c1-21(2)25-18-32(4,19-25)15-14-28-27-12-10-23(20-34)17-30(27)35(26-11-13-29(33)22(3)16-26)31(28)24-8-6-5-7-9-24/h10,12-13,16-17,20,24-26,34H,1,5-9,11,14-15,18-19H2,2-4H3. The molecule has 1 heterocycles. The van der Waals surface area contributed by atoms with Crippen molar-refractivity contribution in [2.75, 3.05) is 0 Å². The normalized spacial score (nSPS) is 27.3. The summed E-state index contributed by atoms with van der Waals surface area (Å²) in [6.07, 6.45) is 17.3. The van der Waals surface area contributed by atoms with Crippen molar-refractivity contribution in [3.8, 4) is 0 Å². The lowest BCUT2D eigenvalue weighted by Crippen LogP contribution is -2.35. The Bertz CT molecular complexity index is 1200. The SMILES string of the molecule is C=C(C)C1CC(C)(CCc2c(C3CCCCC3)n(C3C=C(C)C(F)=CC3)c3cc(C=N)ccc23)C1. The van der Waals surface area contributed by atoms with Crippen LogP contribution in [-0.2, 0) is 6.42 Å². The van der Waals surface area contributed by atoms with Crippen LogP contribution >= 0.6 is 0 Å². The van der Waals surface area contributed by atoms with E-state index >= 15 is 0 Å². The molecule has 1 aromatic heterocycles. The third-order valence-corrected chi connectivity index (χ3v) is 9.18. The summed E-state index contributed by atoms with van der Waals surface area (Å²) in [5, 5.41) is 9.23. The summed E-state index contributed by atoms with van der Waals surface area (Å²) in [4.78, 5) is 0. The molecule has 0 aliphatic heterocycles. The molecule has 0 bridgehead atoms. The number of nitrogens with one attached hydrogen (secondary N) is 1. The topological polar surface area (TPSA) is 28.8 Å². The summed E-state index contributed by atoms with van der Waals surface area (Å²) in [5.74, 6) is 1.17. The second kappa shape index (κ2) is 9.56. The monoisotopic (exact) mass is 472 g/mol. The third-order valence-electron chi connectivity index (χ3n) is 9.18. The van der Waals surface area contributed by atoms with Gasteiger partial charge >= 0.3 is 0 Å². The van der Waals surface area contributed by atoms with E-state index in [9.17, 15) is 4.39 Å². The highest BCUT2D eigenvalue weighted by atomic mass is 19.1. The molecule has 3 aliphatic carbocycles. The van der Waals surface area contributed by atoms with Gasteiger partial charge in [-0.3, -0.25) is 0 Å². The van der Waals surface area contributed by atoms with Crippen LogP contribution in [-0.4, -0.2) is 10.8 Å². The van der Waals surface area contributed by atoms with Crippen LogP contribution in [0.25, 0.3) is 10.9 Å². The fourth-order valence-electron chi connectivity index (χ4n) is 7.06. The number of benzene rings is 1. The molecule has 0 saturated heterocycles. The minimum Gasteiger partial charge on any atom is -0.337 e. The van der Waals surface area contributed by atoms with E-state index < -0.39 is 0 Å². The van der Waals surface area contributed by atoms with E-state index in [4.69, 9.17) is 5.41 Å². The molecule has 186 valence electrons. The molecular weight excluding hydrogens is 431 g/mol. The van der Waals surface area contributed by atoms with Gasteiger partial charge in [0.05, 0.1) is 6.04 Å². The minimum absolute atomic E-state index is 0.0812. The number of aryl methyl sites for hydroxylation is 1. The molecule has 0 amide bonds. The van der Waals surface area contributed by atoms with Gasteiger partial charge in [-0.05, 0) is 105 Å². The zero-order chi connectivity index (χ0) is 24.7. The van der Waals surface area contributed by atoms with Crippen LogP contribution in [0.1, 0.15) is 107 Å². The van der Waals surface area contributed by atoms with Crippen molar-refractivity contribution in [1.29, 1.82) is 5.41 Å². The first-order valence-electron chi connectivity index (χ1n) is 13.7. The Labute approximate surface area is 210 Å². The van der Waals surface area contributed by atoms with Gasteiger partial charge in [-0.2, -0.15) is 0 Å². The molecule has 35 heavy (non-hydrogen) atoms. The lowest BCUT2D eigenvalue weighted by molar-refractivity contribution is 0.0886. The summed E-state index contributed by atoms with van der Waals surface area (Å²) < 4.78 is 16.8. The Balaban J connectivity index is 1.61. The Kier molecular flexibility index (Phi) is 6.63. The van der Waals surface area contributed by atoms with Crippen molar-refractivity contribution < 1.29 is 4.39 Å². The number of hydrogen-bond donors (Lipinski definition) is 1. The van der Waals surface area contributed by atoms with Crippen LogP contribution in [0.5, 0.6) is 0 Å². The molecule has 1 unspecified atom stereocenters. The van der Waals surface area contributed by atoms with E-state index in [2.05, 4.69) is 49.3 Å². The second-order valence-corrected chi connectivity index (χ2v) is 12.0. The quantitative estimate of drug-likeness (QED) is 0.307. The van der Waals surface area contributed by atoms with Crippen LogP contribution in [0.15, 0.2) is 53.9 Å². The fraction of sp³-hybridized carbons (Fsp3) is 0.531. The van der Waals surface area contributed by atoms with Gasteiger partial charge in [0, 0.05) is 22.8 Å². The molecular formula is C32H41FN2. The van der Waals surface area contributed by atoms with E-state index in [0.29, 0.717) is 23.7 Å². The number of allylic oxidation sites excluding steroid dienone is 5. The number of hydrogen-bond acceptors (Lipinski definition) is 1. The van der Waals surface area contributed by atoms with E-state index in [-0.39, 0.29) is 11.9 Å². The van der Waals surface area contributed by atoms with Crippen LogP contribution in [0.3, 0.4) is 0 Å². The third kappa shape index (κ3) is 4.59. The predicted molar refractivity (Wildman–Crippen MR) is 146 cm³/mol. The van der Waals surface area contributed by atoms with Crippen LogP contribution in [0.4, 0.5) is 4.39 Å². The number of aromatic nitrogens is 1. The zero-order valence-electron chi connectivity index (χ0n) is 21.8. The summed E-state index contributed by atoms with van der Waals surface area (Å²) >= 11 is 0. The molecule has 3 aliphatic rings. The molecule has 5 rings (SSSR count).